The summed E-state index contributed by atoms with van der Waals surface area (Å²) in [6, 6.07) is 7.51. The number of hydrogen-bond acceptors (Lipinski definition) is 3. The van der Waals surface area contributed by atoms with Crippen molar-refractivity contribution in [3.63, 3.8) is 0 Å². The van der Waals surface area contributed by atoms with E-state index >= 15 is 0 Å². The third-order valence-electron chi connectivity index (χ3n) is 1.50. The van der Waals surface area contributed by atoms with Crippen molar-refractivity contribution in [2.75, 3.05) is 14.2 Å². The molecule has 13 heavy (non-hydrogen) atoms. The number of oxime groups is 1. The van der Waals surface area contributed by atoms with E-state index in [2.05, 4.69) is 25.9 Å². The van der Waals surface area contributed by atoms with E-state index in [0.717, 1.165) is 11.3 Å². The molecule has 0 aliphatic heterocycles. The fraction of sp³-hybridized carbons (Fsp3) is 0.222. The first kappa shape index (κ1) is 10.1. The maximum Gasteiger partial charge on any atom is 0.152 e. The quantitative estimate of drug-likeness (QED) is 0.603. The third kappa shape index (κ3) is 2.73. The maximum absolute atomic E-state index is 5.02. The number of halogens is 1. The van der Waals surface area contributed by atoms with Crippen LogP contribution in [0.1, 0.15) is 5.56 Å². The van der Waals surface area contributed by atoms with Gasteiger partial charge in [0.1, 0.15) is 12.9 Å². The lowest BCUT2D eigenvalue weighted by molar-refractivity contribution is 0.215. The van der Waals surface area contributed by atoms with E-state index in [1.807, 2.05) is 24.3 Å². The van der Waals surface area contributed by atoms with Gasteiger partial charge in [-0.3, -0.25) is 0 Å². The van der Waals surface area contributed by atoms with E-state index in [1.54, 1.807) is 7.11 Å². The molecule has 0 N–H and O–H groups in total. The molecular weight excluding hydrogens is 234 g/mol. The van der Waals surface area contributed by atoms with Crippen molar-refractivity contribution in [1.82, 2.24) is 0 Å². The third-order valence-corrected chi connectivity index (χ3v) is 2.10. The van der Waals surface area contributed by atoms with Gasteiger partial charge in [-0.15, -0.1) is 0 Å². The van der Waals surface area contributed by atoms with Crippen molar-refractivity contribution in [2.45, 2.75) is 0 Å². The van der Waals surface area contributed by atoms with Crippen LogP contribution in [0, 0.1) is 0 Å². The van der Waals surface area contributed by atoms with Gasteiger partial charge in [0.15, 0.2) is 4.62 Å². The maximum atomic E-state index is 5.02. The molecule has 0 aliphatic carbocycles. The van der Waals surface area contributed by atoms with Crippen molar-refractivity contribution in [3.05, 3.63) is 29.8 Å². The van der Waals surface area contributed by atoms with Crippen LogP contribution in [0.2, 0.25) is 0 Å². The summed E-state index contributed by atoms with van der Waals surface area (Å²) in [5, 5.41) is 3.74. The minimum atomic E-state index is 0.664. The van der Waals surface area contributed by atoms with E-state index in [0.29, 0.717) is 4.62 Å². The molecule has 70 valence electrons. The van der Waals surface area contributed by atoms with Crippen LogP contribution in [0.3, 0.4) is 0 Å². The molecule has 0 unspecified atom stereocenters. The number of nitrogens with zero attached hydrogens (tertiary/aromatic N) is 1. The molecular formula is C9H10BrNO2. The first-order valence-electron chi connectivity index (χ1n) is 3.69. The summed E-state index contributed by atoms with van der Waals surface area (Å²) >= 11 is 3.28. The van der Waals surface area contributed by atoms with Crippen LogP contribution in [-0.2, 0) is 4.84 Å². The normalized spacial score (nSPS) is 11.2. The first-order valence-corrected chi connectivity index (χ1v) is 4.48. The summed E-state index contributed by atoms with van der Waals surface area (Å²) in [6.45, 7) is 0. The highest BCUT2D eigenvalue weighted by Gasteiger charge is 1.99. The topological polar surface area (TPSA) is 30.8 Å². The summed E-state index contributed by atoms with van der Waals surface area (Å²) in [7, 11) is 3.14. The van der Waals surface area contributed by atoms with Gasteiger partial charge in [0.2, 0.25) is 0 Å². The SMILES string of the molecule is CO/N=C(/Br)c1ccc(OC)cc1. The van der Waals surface area contributed by atoms with Crippen LogP contribution in [0.5, 0.6) is 5.75 Å². The fourth-order valence-corrected chi connectivity index (χ4v) is 1.27. The molecule has 3 nitrogen and oxygen atoms in total. The van der Waals surface area contributed by atoms with Crippen molar-refractivity contribution in [1.29, 1.82) is 0 Å². The zero-order valence-electron chi connectivity index (χ0n) is 7.45. The number of benzene rings is 1. The molecule has 0 atom stereocenters. The Morgan fingerprint density at radius 2 is 1.85 bits per heavy atom. The van der Waals surface area contributed by atoms with Gasteiger partial charge in [0.05, 0.1) is 7.11 Å². The molecule has 0 aliphatic rings. The molecule has 0 spiro atoms. The average Bonchev–Trinajstić information content (AvgIpc) is 2.18. The van der Waals surface area contributed by atoms with Gasteiger partial charge < -0.3 is 9.57 Å². The molecule has 0 fully saturated rings. The second-order valence-electron chi connectivity index (χ2n) is 2.29. The van der Waals surface area contributed by atoms with Gasteiger partial charge in [0.25, 0.3) is 0 Å². The Morgan fingerprint density at radius 1 is 1.23 bits per heavy atom. The smallest absolute Gasteiger partial charge is 0.152 e. The molecule has 0 saturated heterocycles. The highest BCUT2D eigenvalue weighted by Crippen LogP contribution is 2.14. The van der Waals surface area contributed by atoms with E-state index in [9.17, 15) is 0 Å². The van der Waals surface area contributed by atoms with Gasteiger partial charge in [-0.05, 0) is 40.2 Å². The Labute approximate surface area is 85.5 Å². The summed E-state index contributed by atoms with van der Waals surface area (Å²) in [4.78, 5) is 4.62. The van der Waals surface area contributed by atoms with Gasteiger partial charge in [-0.2, -0.15) is 0 Å². The predicted molar refractivity (Wildman–Crippen MR) is 55.5 cm³/mol. The summed E-state index contributed by atoms with van der Waals surface area (Å²) < 4.78 is 5.69. The molecule has 0 saturated carbocycles. The van der Waals surface area contributed by atoms with Crippen LogP contribution in [0.4, 0.5) is 0 Å². The van der Waals surface area contributed by atoms with Crippen LogP contribution >= 0.6 is 15.9 Å². The average molecular weight is 244 g/mol. The Morgan fingerprint density at radius 3 is 2.31 bits per heavy atom. The van der Waals surface area contributed by atoms with Crippen LogP contribution in [-0.4, -0.2) is 18.8 Å². The van der Waals surface area contributed by atoms with E-state index in [4.69, 9.17) is 4.74 Å². The molecule has 0 aromatic heterocycles. The lowest BCUT2D eigenvalue weighted by Crippen LogP contribution is -1.91. The largest absolute Gasteiger partial charge is 0.497 e. The first-order chi connectivity index (χ1) is 6.27. The van der Waals surface area contributed by atoms with Crippen LogP contribution in [0.25, 0.3) is 0 Å². The zero-order chi connectivity index (χ0) is 9.68. The fourth-order valence-electron chi connectivity index (χ4n) is 0.861. The van der Waals surface area contributed by atoms with Gasteiger partial charge in [-0.1, -0.05) is 5.16 Å². The summed E-state index contributed by atoms with van der Waals surface area (Å²) in [6.07, 6.45) is 0. The molecule has 1 aromatic carbocycles. The number of rotatable bonds is 3. The zero-order valence-corrected chi connectivity index (χ0v) is 9.04. The summed E-state index contributed by atoms with van der Waals surface area (Å²) in [5.74, 6) is 0.821. The van der Waals surface area contributed by atoms with E-state index in [-0.39, 0.29) is 0 Å². The highest BCUT2D eigenvalue weighted by molar-refractivity contribution is 9.18. The highest BCUT2D eigenvalue weighted by atomic mass is 79.9. The Hall–Kier alpha value is -1.03. The van der Waals surface area contributed by atoms with E-state index in [1.165, 1.54) is 7.11 Å². The van der Waals surface area contributed by atoms with Crippen molar-refractivity contribution < 1.29 is 9.57 Å². The lowest BCUT2D eigenvalue weighted by atomic mass is 10.2. The summed E-state index contributed by atoms with van der Waals surface area (Å²) in [5.41, 5.74) is 0.947. The van der Waals surface area contributed by atoms with Gasteiger partial charge in [0, 0.05) is 5.56 Å². The molecule has 1 rings (SSSR count). The molecule has 0 radical (unpaired) electrons. The molecule has 0 heterocycles. The van der Waals surface area contributed by atoms with Gasteiger partial charge >= 0.3 is 0 Å². The van der Waals surface area contributed by atoms with Crippen molar-refractivity contribution in [2.24, 2.45) is 5.16 Å². The van der Waals surface area contributed by atoms with Crippen LogP contribution < -0.4 is 4.74 Å². The van der Waals surface area contributed by atoms with E-state index < -0.39 is 0 Å². The second-order valence-corrected chi connectivity index (χ2v) is 3.04. The van der Waals surface area contributed by atoms with Crippen molar-refractivity contribution >= 4 is 20.6 Å². The molecule has 0 amide bonds. The minimum Gasteiger partial charge on any atom is -0.497 e. The number of methoxy groups -OCH3 is 1. The molecule has 4 heteroatoms. The monoisotopic (exact) mass is 243 g/mol. The number of ether oxygens (including phenoxy) is 1. The molecule has 1 aromatic rings. The lowest BCUT2D eigenvalue weighted by Gasteiger charge is -2.00. The standard InChI is InChI=1S/C9H10BrNO2/c1-12-8-5-3-7(4-6-8)9(10)11-13-2/h3-6H,1-2H3/b11-9+. The Balaban J connectivity index is 2.85. The Bertz CT molecular complexity index is 295. The van der Waals surface area contributed by atoms with Gasteiger partial charge in [-0.25, -0.2) is 0 Å². The molecule has 0 bridgehead atoms. The predicted octanol–water partition coefficient (Wildman–Crippen LogP) is 2.40. The number of hydrogen-bond donors (Lipinski definition) is 0. The Kier molecular flexibility index (Phi) is 3.76. The van der Waals surface area contributed by atoms with Crippen molar-refractivity contribution in [3.8, 4) is 5.75 Å². The second kappa shape index (κ2) is 4.87. The minimum absolute atomic E-state index is 0.664. The van der Waals surface area contributed by atoms with Crippen LogP contribution in [0.15, 0.2) is 29.4 Å².